The van der Waals surface area contributed by atoms with Gasteiger partial charge in [-0.2, -0.15) is 5.10 Å². The van der Waals surface area contributed by atoms with Gasteiger partial charge < -0.3 is 5.32 Å². The molecule has 1 amide bonds. The molecule has 0 unspecified atom stereocenters. The predicted octanol–water partition coefficient (Wildman–Crippen LogP) is 3.85. The summed E-state index contributed by atoms with van der Waals surface area (Å²) in [5.74, 6) is -0.512. The van der Waals surface area contributed by atoms with E-state index in [0.717, 1.165) is 17.0 Å². The third-order valence-electron chi connectivity index (χ3n) is 4.61. The summed E-state index contributed by atoms with van der Waals surface area (Å²) in [6, 6.07) is 13.4. The zero-order chi connectivity index (χ0) is 19.6. The van der Waals surface area contributed by atoms with Gasteiger partial charge in [-0.1, -0.05) is 29.8 Å². The number of aryl methyl sites for hydroxylation is 2. The summed E-state index contributed by atoms with van der Waals surface area (Å²) in [7, 11) is 1.87. The maximum atomic E-state index is 12.8. The molecule has 138 valence electrons. The van der Waals surface area contributed by atoms with Crippen molar-refractivity contribution in [2.24, 2.45) is 7.05 Å². The van der Waals surface area contributed by atoms with Crippen LogP contribution in [0.3, 0.4) is 0 Å². The molecule has 0 spiro atoms. The summed E-state index contributed by atoms with van der Waals surface area (Å²) in [5.41, 5.74) is 4.04. The number of halogens is 1. The molecule has 0 aliphatic rings. The van der Waals surface area contributed by atoms with E-state index in [2.05, 4.69) is 10.4 Å². The molecule has 0 saturated heterocycles. The first-order valence-electron chi connectivity index (χ1n) is 8.55. The molecule has 0 aliphatic heterocycles. The monoisotopic (exact) mass is 381 g/mol. The molecule has 3 aromatic rings. The Hall–Kier alpha value is -2.92. The average molecular weight is 382 g/mol. The number of nitrogens with zero attached hydrogens (tertiary/aromatic N) is 2. The highest BCUT2D eigenvalue weighted by Crippen LogP contribution is 2.18. The minimum Gasteiger partial charge on any atom is -0.348 e. The van der Waals surface area contributed by atoms with Gasteiger partial charge in [-0.3, -0.25) is 14.3 Å². The van der Waals surface area contributed by atoms with Crippen molar-refractivity contribution in [3.8, 4) is 0 Å². The number of nitrogens with one attached hydrogen (secondary N) is 1. The quantitative estimate of drug-likeness (QED) is 0.683. The summed E-state index contributed by atoms with van der Waals surface area (Å²) in [6.07, 6.45) is 0. The second-order valence-corrected chi connectivity index (χ2v) is 6.77. The largest absolute Gasteiger partial charge is 0.348 e. The summed E-state index contributed by atoms with van der Waals surface area (Å²) < 4.78 is 1.79. The normalized spacial score (nSPS) is 10.7. The topological polar surface area (TPSA) is 64.0 Å². The number of amides is 1. The Bertz CT molecular complexity index is 1010. The highest BCUT2D eigenvalue weighted by atomic mass is 35.5. The molecule has 0 saturated carbocycles. The number of ketones is 1. The minimum atomic E-state index is -0.296. The van der Waals surface area contributed by atoms with E-state index in [1.807, 2.05) is 20.9 Å². The van der Waals surface area contributed by atoms with Gasteiger partial charge in [0.1, 0.15) is 0 Å². The number of aromatic nitrogens is 2. The number of benzene rings is 2. The number of hydrogen-bond donors (Lipinski definition) is 1. The average Bonchev–Trinajstić information content (AvgIpc) is 2.91. The Morgan fingerprint density at radius 1 is 1.04 bits per heavy atom. The van der Waals surface area contributed by atoms with Crippen molar-refractivity contribution >= 4 is 23.3 Å². The van der Waals surface area contributed by atoms with E-state index in [1.54, 1.807) is 53.2 Å². The maximum Gasteiger partial charge on any atom is 0.252 e. The molecule has 27 heavy (non-hydrogen) atoms. The summed E-state index contributed by atoms with van der Waals surface area (Å²) in [4.78, 5) is 25.6. The van der Waals surface area contributed by atoms with Crippen LogP contribution in [0.5, 0.6) is 0 Å². The lowest BCUT2D eigenvalue weighted by molar-refractivity contribution is 0.0939. The highest BCUT2D eigenvalue weighted by molar-refractivity contribution is 6.30. The molecule has 0 bridgehead atoms. The number of hydrogen-bond acceptors (Lipinski definition) is 3. The molecular weight excluding hydrogens is 362 g/mol. The molecule has 1 aromatic heterocycles. The van der Waals surface area contributed by atoms with Crippen molar-refractivity contribution in [2.75, 3.05) is 0 Å². The molecule has 3 rings (SSSR count). The summed E-state index contributed by atoms with van der Waals surface area (Å²) in [6.45, 7) is 4.22. The van der Waals surface area contributed by atoms with Crippen LogP contribution in [0.25, 0.3) is 0 Å². The SMILES string of the molecule is Cc1nn(C)c(C)c1CNC(=O)c1ccccc1C(=O)c1ccc(Cl)cc1. The highest BCUT2D eigenvalue weighted by Gasteiger charge is 2.19. The lowest BCUT2D eigenvalue weighted by Gasteiger charge is -2.10. The van der Waals surface area contributed by atoms with E-state index in [9.17, 15) is 9.59 Å². The van der Waals surface area contributed by atoms with Gasteiger partial charge in [-0.25, -0.2) is 0 Å². The first-order valence-corrected chi connectivity index (χ1v) is 8.93. The van der Waals surface area contributed by atoms with E-state index in [-0.39, 0.29) is 11.7 Å². The molecular formula is C21H20ClN3O2. The van der Waals surface area contributed by atoms with Crippen molar-refractivity contribution < 1.29 is 9.59 Å². The molecule has 0 aliphatic carbocycles. The van der Waals surface area contributed by atoms with Gasteiger partial charge in [0.15, 0.2) is 5.78 Å². The molecule has 1 N–H and O–H groups in total. The van der Waals surface area contributed by atoms with Crippen molar-refractivity contribution in [1.82, 2.24) is 15.1 Å². The van der Waals surface area contributed by atoms with Gasteiger partial charge >= 0.3 is 0 Å². The standard InChI is InChI=1S/C21H20ClN3O2/c1-13-19(14(2)25(3)24-13)12-23-21(27)18-7-5-4-6-17(18)20(26)15-8-10-16(22)11-9-15/h4-11H,12H2,1-3H3,(H,23,27). The summed E-state index contributed by atoms with van der Waals surface area (Å²) in [5, 5.41) is 7.81. The van der Waals surface area contributed by atoms with Crippen LogP contribution in [0.4, 0.5) is 0 Å². The zero-order valence-corrected chi connectivity index (χ0v) is 16.2. The third-order valence-corrected chi connectivity index (χ3v) is 4.86. The third kappa shape index (κ3) is 3.93. The van der Waals surface area contributed by atoms with E-state index in [4.69, 9.17) is 11.6 Å². The van der Waals surface area contributed by atoms with Crippen molar-refractivity contribution in [3.63, 3.8) is 0 Å². The van der Waals surface area contributed by atoms with Gasteiger partial charge in [-0.15, -0.1) is 0 Å². The van der Waals surface area contributed by atoms with Crippen molar-refractivity contribution in [3.05, 3.63) is 87.2 Å². The Balaban J connectivity index is 1.83. The predicted molar refractivity (Wildman–Crippen MR) is 105 cm³/mol. The van der Waals surface area contributed by atoms with Gasteiger partial charge in [0, 0.05) is 41.0 Å². The molecule has 5 nitrogen and oxygen atoms in total. The fraction of sp³-hybridized carbons (Fsp3) is 0.190. The van der Waals surface area contributed by atoms with Gasteiger partial charge in [0.05, 0.1) is 11.3 Å². The number of carbonyl (C=O) groups is 2. The van der Waals surface area contributed by atoms with Gasteiger partial charge in [0.2, 0.25) is 0 Å². The number of rotatable bonds is 5. The second-order valence-electron chi connectivity index (χ2n) is 6.34. The van der Waals surface area contributed by atoms with Crippen LogP contribution in [-0.4, -0.2) is 21.5 Å². The Labute approximate surface area is 163 Å². The number of carbonyl (C=O) groups excluding carboxylic acids is 2. The smallest absolute Gasteiger partial charge is 0.252 e. The van der Waals surface area contributed by atoms with E-state index >= 15 is 0 Å². The maximum absolute atomic E-state index is 12.8. The second kappa shape index (κ2) is 7.76. The fourth-order valence-corrected chi connectivity index (χ4v) is 3.10. The first-order chi connectivity index (χ1) is 12.9. The van der Waals surface area contributed by atoms with Gasteiger partial charge in [0.25, 0.3) is 5.91 Å². The van der Waals surface area contributed by atoms with Crippen LogP contribution in [0.2, 0.25) is 5.02 Å². The van der Waals surface area contributed by atoms with Gasteiger partial charge in [-0.05, 0) is 44.2 Å². The molecule has 0 atom stereocenters. The Kier molecular flexibility index (Phi) is 5.42. The zero-order valence-electron chi connectivity index (χ0n) is 15.4. The van der Waals surface area contributed by atoms with Crippen molar-refractivity contribution in [1.29, 1.82) is 0 Å². The summed E-state index contributed by atoms with van der Waals surface area (Å²) >= 11 is 5.89. The van der Waals surface area contributed by atoms with Crippen molar-refractivity contribution in [2.45, 2.75) is 20.4 Å². The Morgan fingerprint density at radius 2 is 1.67 bits per heavy atom. The lowest BCUT2D eigenvalue weighted by Crippen LogP contribution is -2.25. The molecule has 0 fully saturated rings. The van der Waals surface area contributed by atoms with E-state index in [0.29, 0.717) is 28.3 Å². The van der Waals surface area contributed by atoms with E-state index in [1.165, 1.54) is 0 Å². The molecule has 6 heteroatoms. The van der Waals surface area contributed by atoms with Crippen LogP contribution >= 0.6 is 11.6 Å². The fourth-order valence-electron chi connectivity index (χ4n) is 2.97. The van der Waals surface area contributed by atoms with E-state index < -0.39 is 0 Å². The van der Waals surface area contributed by atoms with Crippen LogP contribution < -0.4 is 5.32 Å². The van der Waals surface area contributed by atoms with Crippen LogP contribution in [0.15, 0.2) is 48.5 Å². The van der Waals surface area contributed by atoms with Crippen LogP contribution in [-0.2, 0) is 13.6 Å². The first kappa shape index (κ1) is 18.9. The molecule has 2 aromatic carbocycles. The molecule has 1 heterocycles. The minimum absolute atomic E-state index is 0.217. The lowest BCUT2D eigenvalue weighted by atomic mass is 9.98. The Morgan fingerprint density at radius 3 is 2.26 bits per heavy atom. The molecule has 0 radical (unpaired) electrons. The van der Waals surface area contributed by atoms with Crippen LogP contribution in [0.1, 0.15) is 43.2 Å². The van der Waals surface area contributed by atoms with Crippen LogP contribution in [0, 0.1) is 13.8 Å².